The van der Waals surface area contributed by atoms with E-state index in [9.17, 15) is 0 Å². The van der Waals surface area contributed by atoms with Crippen molar-refractivity contribution in [1.29, 1.82) is 0 Å². The largest absolute Gasteiger partial charge is 0.366 e. The van der Waals surface area contributed by atoms with Crippen molar-refractivity contribution in [2.45, 2.75) is 71.5 Å². The lowest BCUT2D eigenvalue weighted by Gasteiger charge is -2.28. The number of benzene rings is 1. The number of aromatic nitrogens is 10. The molecule has 15 heteroatoms. The van der Waals surface area contributed by atoms with Crippen LogP contribution in [0, 0.1) is 0 Å². The van der Waals surface area contributed by atoms with Crippen molar-refractivity contribution in [3.8, 4) is 0 Å². The Morgan fingerprint density at radius 1 is 0.611 bits per heavy atom. The molecule has 0 atom stereocenters. The van der Waals surface area contributed by atoms with Crippen molar-refractivity contribution in [2.75, 3.05) is 51.9 Å². The zero-order chi connectivity index (χ0) is 36.4. The first-order valence-corrected chi connectivity index (χ1v) is 19.3. The van der Waals surface area contributed by atoms with E-state index in [0.717, 1.165) is 100 Å². The fourth-order valence-electron chi connectivity index (χ4n) is 7.58. The molecule has 0 unspecified atom stereocenters. The maximum Gasteiger partial charge on any atom is 0.222 e. The van der Waals surface area contributed by atoms with Gasteiger partial charge in [0, 0.05) is 94.1 Å². The van der Waals surface area contributed by atoms with E-state index < -0.39 is 0 Å². The van der Waals surface area contributed by atoms with Gasteiger partial charge in [-0.25, -0.2) is 24.9 Å². The number of aryl methyl sites for hydroxylation is 2. The quantitative estimate of drug-likeness (QED) is 0.139. The van der Waals surface area contributed by atoms with Crippen molar-refractivity contribution >= 4 is 51.5 Å². The summed E-state index contributed by atoms with van der Waals surface area (Å²) in [7, 11) is 2.02. The summed E-state index contributed by atoms with van der Waals surface area (Å²) in [4.78, 5) is 28.8. The van der Waals surface area contributed by atoms with Gasteiger partial charge in [0.1, 0.15) is 23.3 Å². The number of anilines is 5. The van der Waals surface area contributed by atoms with E-state index in [1.807, 2.05) is 51.8 Å². The van der Waals surface area contributed by atoms with Gasteiger partial charge in [0.15, 0.2) is 11.3 Å². The second-order valence-electron chi connectivity index (χ2n) is 14.4. The number of fused-ring (bicyclic) bond motifs is 3. The summed E-state index contributed by atoms with van der Waals surface area (Å²) >= 11 is 0. The van der Waals surface area contributed by atoms with Crippen LogP contribution >= 0.6 is 0 Å². The Morgan fingerprint density at radius 3 is 1.83 bits per heavy atom. The molecule has 0 aliphatic carbocycles. The van der Waals surface area contributed by atoms with E-state index in [-0.39, 0.29) is 0 Å². The summed E-state index contributed by atoms with van der Waals surface area (Å²) in [6.07, 6.45) is 17.5. The van der Waals surface area contributed by atoms with Crippen LogP contribution in [0.2, 0.25) is 0 Å². The minimum atomic E-state index is 0.487. The topological polar surface area (TPSA) is 147 Å². The Balaban J connectivity index is 0.899. The zero-order valence-corrected chi connectivity index (χ0v) is 31.0. The van der Waals surface area contributed by atoms with Gasteiger partial charge in [-0.15, -0.1) is 0 Å². The number of rotatable bonds is 12. The second kappa shape index (κ2) is 14.8. The van der Waals surface area contributed by atoms with Gasteiger partial charge >= 0.3 is 0 Å². The lowest BCUT2D eigenvalue weighted by atomic mass is 10.1. The molecule has 0 amide bonds. The highest BCUT2D eigenvalue weighted by atomic mass is 15.3. The Morgan fingerprint density at radius 2 is 1.20 bits per heavy atom. The predicted molar refractivity (Wildman–Crippen MR) is 212 cm³/mol. The lowest BCUT2D eigenvalue weighted by Crippen LogP contribution is -2.30. The third-order valence-electron chi connectivity index (χ3n) is 10.7. The van der Waals surface area contributed by atoms with Crippen molar-refractivity contribution in [1.82, 2.24) is 48.7 Å². The van der Waals surface area contributed by atoms with Crippen LogP contribution < -0.4 is 25.8 Å². The summed E-state index contributed by atoms with van der Waals surface area (Å²) in [6.45, 7) is 7.91. The van der Waals surface area contributed by atoms with E-state index in [1.54, 1.807) is 0 Å². The molecule has 0 radical (unpaired) electrons. The first kappa shape index (κ1) is 33.8. The van der Waals surface area contributed by atoms with Crippen LogP contribution in [0.3, 0.4) is 0 Å². The van der Waals surface area contributed by atoms with Crippen LogP contribution in [0.25, 0.3) is 22.3 Å². The normalized spacial score (nSPS) is 15.1. The van der Waals surface area contributed by atoms with E-state index in [2.05, 4.69) is 83.1 Å². The van der Waals surface area contributed by atoms with Crippen LogP contribution in [-0.4, -0.2) is 74.9 Å². The zero-order valence-electron chi connectivity index (χ0n) is 31.0. The molecule has 3 N–H and O–H groups in total. The SMILES string of the molecule is CCc1cnn2c(NCc3cnc(NCc4cnn5c(NCc6ccc7c(c6)ncn7C)cc(N6CCCCC6)nc45)nc3)cc(N3CCCCC3)nc12. The number of hydrogen-bond donors (Lipinski definition) is 3. The molecule has 9 rings (SSSR count). The average Bonchev–Trinajstić information content (AvgIpc) is 3.95. The number of nitrogens with one attached hydrogen (secondary N) is 3. The lowest BCUT2D eigenvalue weighted by molar-refractivity contribution is 0.573. The minimum absolute atomic E-state index is 0.487. The predicted octanol–water partition coefficient (Wildman–Crippen LogP) is 5.83. The van der Waals surface area contributed by atoms with Crippen LogP contribution in [0.1, 0.15) is 67.7 Å². The second-order valence-corrected chi connectivity index (χ2v) is 14.4. The molecule has 0 spiro atoms. The smallest absolute Gasteiger partial charge is 0.222 e. The van der Waals surface area contributed by atoms with Gasteiger partial charge in [0.05, 0.1) is 29.8 Å². The molecule has 1 aromatic carbocycles. The van der Waals surface area contributed by atoms with E-state index in [0.29, 0.717) is 25.6 Å². The maximum atomic E-state index is 5.13. The summed E-state index contributed by atoms with van der Waals surface area (Å²) in [5.41, 5.74) is 8.06. The van der Waals surface area contributed by atoms with Gasteiger partial charge in [0.25, 0.3) is 0 Å². The van der Waals surface area contributed by atoms with Gasteiger partial charge in [-0.2, -0.15) is 19.2 Å². The van der Waals surface area contributed by atoms with Gasteiger partial charge < -0.3 is 30.3 Å². The summed E-state index contributed by atoms with van der Waals surface area (Å²) in [6, 6.07) is 10.6. The molecular formula is C39H47N15. The fraction of sp³-hybridized carbons (Fsp3) is 0.410. The third-order valence-corrected chi connectivity index (χ3v) is 10.7. The van der Waals surface area contributed by atoms with Gasteiger partial charge in [-0.1, -0.05) is 13.0 Å². The van der Waals surface area contributed by atoms with E-state index in [1.165, 1.54) is 38.5 Å². The Labute approximate surface area is 313 Å². The third kappa shape index (κ3) is 6.81. The maximum absolute atomic E-state index is 5.13. The number of piperidine rings is 2. The highest BCUT2D eigenvalue weighted by Gasteiger charge is 2.19. The standard InChI is InChI=1S/C39H47N15/c1-3-29-24-46-53-34(18-35(48-37(29)53)51-12-6-4-7-13-51)41-20-28-21-42-39(43-22-28)44-23-30-25-47-54-33(17-36(49-38(30)54)52-14-8-5-9-15-52)40-19-27-10-11-32-31(16-27)45-26-50(32)2/h10-11,16-18,21-22,24-26,40-41H,3-9,12-15,19-20,23H2,1-2H3,(H,42,43,44). The molecule has 2 saturated heterocycles. The molecular weight excluding hydrogens is 679 g/mol. The molecule has 2 aliphatic heterocycles. The van der Waals surface area contributed by atoms with E-state index >= 15 is 0 Å². The van der Waals surface area contributed by atoms with Crippen LogP contribution in [-0.2, 0) is 33.1 Å². The van der Waals surface area contributed by atoms with Crippen molar-refractivity contribution in [3.63, 3.8) is 0 Å². The van der Waals surface area contributed by atoms with Crippen molar-refractivity contribution in [2.24, 2.45) is 7.05 Å². The number of hydrogen-bond acceptors (Lipinski definition) is 12. The van der Waals surface area contributed by atoms with Gasteiger partial charge in [-0.05, 0) is 62.6 Å². The Bertz CT molecular complexity index is 2380. The Hall–Kier alpha value is -5.99. The summed E-state index contributed by atoms with van der Waals surface area (Å²) in [5.74, 6) is 4.33. The highest BCUT2D eigenvalue weighted by molar-refractivity contribution is 5.76. The Kier molecular flexibility index (Phi) is 9.27. The molecule has 0 bridgehead atoms. The van der Waals surface area contributed by atoms with Crippen molar-refractivity contribution < 1.29 is 0 Å². The molecule has 2 aliphatic rings. The van der Waals surface area contributed by atoms with Crippen LogP contribution in [0.15, 0.2) is 61.4 Å². The summed E-state index contributed by atoms with van der Waals surface area (Å²) in [5, 5.41) is 20.1. The molecule has 54 heavy (non-hydrogen) atoms. The molecule has 15 nitrogen and oxygen atoms in total. The first-order valence-electron chi connectivity index (χ1n) is 19.3. The molecule has 6 aromatic heterocycles. The highest BCUT2D eigenvalue weighted by Crippen LogP contribution is 2.27. The van der Waals surface area contributed by atoms with Crippen LogP contribution in [0.4, 0.5) is 29.2 Å². The van der Waals surface area contributed by atoms with Crippen molar-refractivity contribution in [3.05, 3.63) is 83.7 Å². The molecule has 0 saturated carbocycles. The molecule has 8 heterocycles. The molecule has 7 aromatic rings. The fourth-order valence-corrected chi connectivity index (χ4v) is 7.58. The average molecular weight is 726 g/mol. The monoisotopic (exact) mass is 725 g/mol. The van der Waals surface area contributed by atoms with Crippen LogP contribution in [0.5, 0.6) is 0 Å². The summed E-state index contributed by atoms with van der Waals surface area (Å²) < 4.78 is 5.84. The molecule has 2 fully saturated rings. The van der Waals surface area contributed by atoms with Gasteiger partial charge in [-0.3, -0.25) is 0 Å². The first-order chi connectivity index (χ1) is 26.6. The van der Waals surface area contributed by atoms with Gasteiger partial charge in [0.2, 0.25) is 5.95 Å². The number of nitrogens with zero attached hydrogens (tertiary/aromatic N) is 12. The molecule has 278 valence electrons. The minimum Gasteiger partial charge on any atom is -0.366 e. The number of imidazole rings is 1. The van der Waals surface area contributed by atoms with E-state index in [4.69, 9.17) is 15.1 Å².